The molecule has 0 unspecified atom stereocenters. The normalized spacial score (nSPS) is 12.4. The van der Waals surface area contributed by atoms with E-state index in [9.17, 15) is 9.59 Å². The van der Waals surface area contributed by atoms with Crippen molar-refractivity contribution in [3.8, 4) is 0 Å². The van der Waals surface area contributed by atoms with E-state index in [4.69, 9.17) is 0 Å². The quantitative estimate of drug-likeness (QED) is 0.386. The Morgan fingerprint density at radius 2 is 0.966 bits per heavy atom. The first-order valence-corrected chi connectivity index (χ1v) is 10.4. The van der Waals surface area contributed by atoms with Crippen molar-refractivity contribution in [3.63, 3.8) is 0 Å². The second-order valence-corrected chi connectivity index (χ2v) is 7.63. The molecule has 2 N–H and O–H groups in total. The molecule has 0 aromatic heterocycles. The molecule has 2 amide bonds. The topological polar surface area (TPSA) is 58.2 Å². The Morgan fingerprint density at radius 3 is 1.34 bits per heavy atom. The maximum atomic E-state index is 12.2. The van der Waals surface area contributed by atoms with E-state index in [-0.39, 0.29) is 11.8 Å². The number of hydrogen-bond acceptors (Lipinski definition) is 2. The number of nitrogens with one attached hydrogen (secondary N) is 2. The van der Waals surface area contributed by atoms with Crippen LogP contribution in [0.5, 0.6) is 0 Å². The fourth-order valence-corrected chi connectivity index (χ4v) is 3.58. The number of amides is 2. The largest absolute Gasteiger partial charge is 0.352 e. The minimum Gasteiger partial charge on any atom is -0.352 e. The lowest BCUT2D eigenvalue weighted by atomic mass is 9.95. The van der Waals surface area contributed by atoms with Gasteiger partial charge >= 0.3 is 0 Å². The summed E-state index contributed by atoms with van der Waals surface area (Å²) in [5, 5.41) is 5.99. The van der Waals surface area contributed by atoms with E-state index in [1.54, 1.807) is 0 Å². The molecular formula is C25H26N2O2. The third-order valence-corrected chi connectivity index (χ3v) is 5.51. The van der Waals surface area contributed by atoms with E-state index in [0.717, 1.165) is 54.4 Å². The summed E-state index contributed by atoms with van der Waals surface area (Å²) < 4.78 is 0. The standard InChI is InChI=1S/C25H26N2O2/c28-24(22-12-8-18-6-10-20(18)16-22)26-14-4-2-1-3-5-15-27-25(29)23-13-9-19-7-11-21(19)17-23/h6-13,16-17H,1-5,14-15H2,(H,26,28)(H,27,29). The molecule has 0 radical (unpaired) electrons. The molecule has 2 aliphatic rings. The molecule has 0 saturated carbocycles. The molecule has 4 heteroatoms. The van der Waals surface area contributed by atoms with Gasteiger partial charge in [-0.15, -0.1) is 0 Å². The summed E-state index contributed by atoms with van der Waals surface area (Å²) in [5.41, 5.74) is 6.14. The summed E-state index contributed by atoms with van der Waals surface area (Å²) in [6, 6.07) is 11.6. The van der Waals surface area contributed by atoms with E-state index in [1.807, 2.05) is 60.7 Å². The van der Waals surface area contributed by atoms with Crippen molar-refractivity contribution < 1.29 is 9.59 Å². The summed E-state index contributed by atoms with van der Waals surface area (Å²) in [4.78, 5) is 24.3. The van der Waals surface area contributed by atoms with Gasteiger partial charge in [-0.2, -0.15) is 0 Å². The van der Waals surface area contributed by atoms with Gasteiger partial charge in [0.15, 0.2) is 0 Å². The van der Waals surface area contributed by atoms with Gasteiger partial charge in [-0.25, -0.2) is 0 Å². The summed E-state index contributed by atoms with van der Waals surface area (Å²) >= 11 is 0. The van der Waals surface area contributed by atoms with Crippen molar-refractivity contribution in [2.24, 2.45) is 0 Å². The first kappa shape index (κ1) is 19.2. The van der Waals surface area contributed by atoms with Gasteiger partial charge in [0.05, 0.1) is 0 Å². The molecule has 0 atom stereocenters. The predicted octanol–water partition coefficient (Wildman–Crippen LogP) is 4.76. The monoisotopic (exact) mass is 386 g/mol. The van der Waals surface area contributed by atoms with Crippen molar-refractivity contribution in [1.29, 1.82) is 0 Å². The molecule has 4 rings (SSSR count). The van der Waals surface area contributed by atoms with Gasteiger partial charge in [0.2, 0.25) is 0 Å². The Balaban J connectivity index is 1.03. The van der Waals surface area contributed by atoms with Gasteiger partial charge in [-0.3, -0.25) is 9.59 Å². The zero-order valence-electron chi connectivity index (χ0n) is 16.5. The Labute approximate surface area is 171 Å². The number of fused-ring (bicyclic) bond motifs is 2. The van der Waals surface area contributed by atoms with Crippen LogP contribution in [0.25, 0.3) is 24.3 Å². The highest BCUT2D eigenvalue weighted by Gasteiger charge is 2.11. The zero-order chi connectivity index (χ0) is 20.1. The van der Waals surface area contributed by atoms with Crippen LogP contribution in [0.4, 0.5) is 0 Å². The van der Waals surface area contributed by atoms with Crippen LogP contribution in [0, 0.1) is 0 Å². The smallest absolute Gasteiger partial charge is 0.251 e. The summed E-state index contributed by atoms with van der Waals surface area (Å²) in [6.45, 7) is 1.41. The average molecular weight is 386 g/mol. The van der Waals surface area contributed by atoms with E-state index >= 15 is 0 Å². The molecule has 148 valence electrons. The minimum absolute atomic E-state index is 0.00200. The average Bonchev–Trinajstić information content (AvgIpc) is 2.68. The number of carbonyl (C=O) groups excluding carboxylic acids is 2. The Morgan fingerprint density at radius 1 is 0.552 bits per heavy atom. The highest BCUT2D eigenvalue weighted by Crippen LogP contribution is 2.25. The molecule has 2 aromatic rings. The molecule has 29 heavy (non-hydrogen) atoms. The Bertz CT molecular complexity index is 909. The number of rotatable bonds is 10. The lowest BCUT2D eigenvalue weighted by Crippen LogP contribution is -2.25. The van der Waals surface area contributed by atoms with E-state index < -0.39 is 0 Å². The van der Waals surface area contributed by atoms with Crippen molar-refractivity contribution in [3.05, 3.63) is 69.8 Å². The fourth-order valence-electron chi connectivity index (χ4n) is 3.58. The second-order valence-electron chi connectivity index (χ2n) is 7.63. The first-order chi connectivity index (χ1) is 14.2. The minimum atomic E-state index is 0.00200. The maximum Gasteiger partial charge on any atom is 0.251 e. The van der Waals surface area contributed by atoms with Crippen LogP contribution >= 0.6 is 0 Å². The molecule has 2 aliphatic carbocycles. The molecule has 0 spiro atoms. The molecule has 0 fully saturated rings. The van der Waals surface area contributed by atoms with Crippen molar-refractivity contribution in [2.75, 3.05) is 13.1 Å². The van der Waals surface area contributed by atoms with Crippen LogP contribution < -0.4 is 10.6 Å². The second kappa shape index (κ2) is 8.91. The van der Waals surface area contributed by atoms with Crippen LogP contribution in [0.15, 0.2) is 36.4 Å². The summed E-state index contributed by atoms with van der Waals surface area (Å²) in [6.07, 6.45) is 13.4. The predicted molar refractivity (Wildman–Crippen MR) is 118 cm³/mol. The Kier molecular flexibility index (Phi) is 5.89. The third-order valence-electron chi connectivity index (χ3n) is 5.51. The number of unbranched alkanes of at least 4 members (excludes halogenated alkanes) is 4. The van der Waals surface area contributed by atoms with Gasteiger partial charge in [0.25, 0.3) is 11.8 Å². The van der Waals surface area contributed by atoms with Crippen LogP contribution in [0.1, 0.15) is 75.1 Å². The van der Waals surface area contributed by atoms with Crippen molar-refractivity contribution in [1.82, 2.24) is 10.6 Å². The molecule has 0 saturated heterocycles. The molecule has 4 nitrogen and oxygen atoms in total. The van der Waals surface area contributed by atoms with Gasteiger partial charge in [-0.05, 0) is 59.4 Å². The van der Waals surface area contributed by atoms with E-state index in [1.165, 1.54) is 11.1 Å². The number of hydrogen-bond donors (Lipinski definition) is 2. The zero-order valence-corrected chi connectivity index (χ0v) is 16.5. The fraction of sp³-hybridized carbons (Fsp3) is 0.280. The highest BCUT2D eigenvalue weighted by atomic mass is 16.2. The van der Waals surface area contributed by atoms with Crippen molar-refractivity contribution >= 4 is 36.1 Å². The third kappa shape index (κ3) is 4.65. The van der Waals surface area contributed by atoms with Crippen LogP contribution in [-0.2, 0) is 0 Å². The summed E-state index contributed by atoms with van der Waals surface area (Å²) in [7, 11) is 0. The van der Waals surface area contributed by atoms with Gasteiger partial charge in [0, 0.05) is 24.2 Å². The highest BCUT2D eigenvalue weighted by molar-refractivity contribution is 5.98. The van der Waals surface area contributed by atoms with E-state index in [2.05, 4.69) is 10.6 Å². The lowest BCUT2D eigenvalue weighted by Gasteiger charge is -2.12. The van der Waals surface area contributed by atoms with Gasteiger partial charge in [0.1, 0.15) is 0 Å². The molecule has 0 heterocycles. The summed E-state index contributed by atoms with van der Waals surface area (Å²) in [5.74, 6) is 0.00399. The molecule has 0 bridgehead atoms. The molecular weight excluding hydrogens is 360 g/mol. The van der Waals surface area contributed by atoms with E-state index in [0.29, 0.717) is 13.1 Å². The maximum absolute atomic E-state index is 12.2. The Hall–Kier alpha value is -3.14. The van der Waals surface area contributed by atoms with Gasteiger partial charge in [-0.1, -0.05) is 55.7 Å². The first-order valence-electron chi connectivity index (χ1n) is 10.4. The van der Waals surface area contributed by atoms with Crippen molar-refractivity contribution in [2.45, 2.75) is 32.1 Å². The SMILES string of the molecule is O=C(NCCCCCCCNC(=O)c1ccc2c(c1)C=C2)c1ccc2c(c1)C=C2. The van der Waals surface area contributed by atoms with Gasteiger partial charge < -0.3 is 10.6 Å². The van der Waals surface area contributed by atoms with Crippen LogP contribution in [0.2, 0.25) is 0 Å². The number of carbonyl (C=O) groups is 2. The molecule has 0 aliphatic heterocycles. The number of benzene rings is 2. The lowest BCUT2D eigenvalue weighted by molar-refractivity contribution is 0.0945. The molecule has 2 aromatic carbocycles. The van der Waals surface area contributed by atoms with Crippen LogP contribution in [0.3, 0.4) is 0 Å². The van der Waals surface area contributed by atoms with Crippen LogP contribution in [-0.4, -0.2) is 24.9 Å².